The highest BCUT2D eigenvalue weighted by Gasteiger charge is 2.23. The van der Waals surface area contributed by atoms with Crippen molar-refractivity contribution in [1.29, 1.82) is 0 Å². The van der Waals surface area contributed by atoms with E-state index in [0.29, 0.717) is 6.54 Å². The molecule has 0 aromatic heterocycles. The van der Waals surface area contributed by atoms with Gasteiger partial charge in [0.05, 0.1) is 6.10 Å². The van der Waals surface area contributed by atoms with E-state index in [0.717, 1.165) is 38.2 Å². The van der Waals surface area contributed by atoms with E-state index in [-0.39, 0.29) is 12.1 Å². The van der Waals surface area contributed by atoms with Crippen LogP contribution in [0.3, 0.4) is 0 Å². The second kappa shape index (κ2) is 8.12. The summed E-state index contributed by atoms with van der Waals surface area (Å²) >= 11 is 2.01. The molecule has 1 atom stereocenters. The summed E-state index contributed by atoms with van der Waals surface area (Å²) in [6, 6.07) is 6.19. The minimum atomic E-state index is -0.0294. The number of rotatable bonds is 3. The number of piperidine rings is 1. The molecule has 3 rings (SSSR count). The van der Waals surface area contributed by atoms with Crippen LogP contribution in [0.4, 0.5) is 16.2 Å². The van der Waals surface area contributed by atoms with Gasteiger partial charge in [0.25, 0.3) is 0 Å². The largest absolute Gasteiger partial charge is 0.380 e. The first-order valence-corrected chi connectivity index (χ1v) is 9.85. The molecule has 1 aromatic rings. The van der Waals surface area contributed by atoms with Crippen LogP contribution >= 0.6 is 11.8 Å². The van der Waals surface area contributed by atoms with Crippen LogP contribution in [-0.4, -0.2) is 61.8 Å². The first-order chi connectivity index (χ1) is 11.7. The molecule has 0 radical (unpaired) electrons. The molecule has 1 aromatic carbocycles. The van der Waals surface area contributed by atoms with Gasteiger partial charge in [0.1, 0.15) is 0 Å². The van der Waals surface area contributed by atoms with Crippen molar-refractivity contribution in [3.05, 3.63) is 23.8 Å². The predicted molar refractivity (Wildman–Crippen MR) is 101 cm³/mol. The summed E-state index contributed by atoms with van der Waals surface area (Å²) in [5.41, 5.74) is 3.37. The number of carbonyl (C=O) groups is 1. The molecule has 0 spiro atoms. The summed E-state index contributed by atoms with van der Waals surface area (Å²) in [4.78, 5) is 16.8. The zero-order valence-corrected chi connectivity index (χ0v) is 15.4. The third-order valence-corrected chi connectivity index (χ3v) is 5.74. The molecule has 5 nitrogen and oxygen atoms in total. The van der Waals surface area contributed by atoms with Crippen LogP contribution in [0.5, 0.6) is 0 Å². The number of thioether (sulfide) groups is 1. The van der Waals surface area contributed by atoms with E-state index in [2.05, 4.69) is 29.3 Å². The van der Waals surface area contributed by atoms with Crippen LogP contribution in [0.15, 0.2) is 18.2 Å². The highest BCUT2D eigenvalue weighted by molar-refractivity contribution is 7.99. The highest BCUT2D eigenvalue weighted by Crippen LogP contribution is 2.26. The van der Waals surface area contributed by atoms with Gasteiger partial charge in [-0.1, -0.05) is 0 Å². The van der Waals surface area contributed by atoms with Gasteiger partial charge in [0.2, 0.25) is 0 Å². The number of likely N-dealkylation sites (tertiary alicyclic amines) is 1. The fraction of sp³-hybridized carbons (Fsp3) is 0.611. The Morgan fingerprint density at radius 2 is 2.08 bits per heavy atom. The summed E-state index contributed by atoms with van der Waals surface area (Å²) < 4.78 is 5.39. The lowest BCUT2D eigenvalue weighted by molar-refractivity contribution is 0.0458. The number of ether oxygens (including phenoxy) is 1. The maximum Gasteiger partial charge on any atom is 0.321 e. The van der Waals surface area contributed by atoms with Crippen molar-refractivity contribution in [2.24, 2.45) is 0 Å². The number of nitrogens with one attached hydrogen (secondary N) is 1. The summed E-state index contributed by atoms with van der Waals surface area (Å²) in [5.74, 6) is 2.38. The minimum absolute atomic E-state index is 0.0294. The second-order valence-corrected chi connectivity index (χ2v) is 7.70. The maximum atomic E-state index is 12.5. The van der Waals surface area contributed by atoms with Gasteiger partial charge in [-0.15, -0.1) is 0 Å². The predicted octanol–water partition coefficient (Wildman–Crippen LogP) is 3.19. The van der Waals surface area contributed by atoms with Gasteiger partial charge in [-0.2, -0.15) is 11.8 Å². The van der Waals surface area contributed by atoms with Crippen molar-refractivity contribution >= 4 is 29.2 Å². The monoisotopic (exact) mass is 349 g/mol. The number of hydrogen-bond donors (Lipinski definition) is 1. The molecule has 2 heterocycles. The summed E-state index contributed by atoms with van der Waals surface area (Å²) in [5, 5.41) is 3.04. The standard InChI is InChI=1S/C18H27N3O2S/c1-14-12-15(5-6-17(14)20-8-10-24-11-9-20)19-18(22)21-7-3-4-16(13-21)23-2/h5-6,12,16H,3-4,7-11,13H2,1-2H3,(H,19,22)/t16-/m0/s1. The third kappa shape index (κ3) is 4.16. The fourth-order valence-corrected chi connectivity index (χ4v) is 4.31. The van der Waals surface area contributed by atoms with Gasteiger partial charge >= 0.3 is 6.03 Å². The Labute approximate surface area is 148 Å². The third-order valence-electron chi connectivity index (χ3n) is 4.80. The van der Waals surface area contributed by atoms with Crippen molar-refractivity contribution in [2.45, 2.75) is 25.9 Å². The Morgan fingerprint density at radius 3 is 2.79 bits per heavy atom. The van der Waals surface area contributed by atoms with Crippen LogP contribution in [0.25, 0.3) is 0 Å². The van der Waals surface area contributed by atoms with Crippen LogP contribution in [0.2, 0.25) is 0 Å². The van der Waals surface area contributed by atoms with Crippen LogP contribution in [0.1, 0.15) is 18.4 Å². The Kier molecular flexibility index (Phi) is 5.89. The van der Waals surface area contributed by atoms with E-state index < -0.39 is 0 Å². The van der Waals surface area contributed by atoms with Crippen LogP contribution in [-0.2, 0) is 4.74 Å². The first kappa shape index (κ1) is 17.4. The molecule has 0 bridgehead atoms. The number of amides is 2. The van der Waals surface area contributed by atoms with Gasteiger partial charge in [-0.05, 0) is 43.5 Å². The lowest BCUT2D eigenvalue weighted by Crippen LogP contribution is -2.44. The van der Waals surface area contributed by atoms with E-state index in [1.54, 1.807) is 7.11 Å². The number of anilines is 2. The molecular formula is C18H27N3O2S. The van der Waals surface area contributed by atoms with E-state index in [9.17, 15) is 4.79 Å². The van der Waals surface area contributed by atoms with Crippen LogP contribution in [0, 0.1) is 6.92 Å². The van der Waals surface area contributed by atoms with E-state index in [1.807, 2.05) is 22.7 Å². The lowest BCUT2D eigenvalue weighted by Gasteiger charge is -2.32. The summed E-state index contributed by atoms with van der Waals surface area (Å²) in [6.45, 7) is 5.79. The molecule has 2 aliphatic rings. The number of urea groups is 1. The van der Waals surface area contributed by atoms with E-state index >= 15 is 0 Å². The van der Waals surface area contributed by atoms with Gasteiger partial charge in [0, 0.05) is 56.2 Å². The molecule has 1 N–H and O–H groups in total. The van der Waals surface area contributed by atoms with Crippen LogP contribution < -0.4 is 10.2 Å². The van der Waals surface area contributed by atoms with Gasteiger partial charge in [-0.25, -0.2) is 4.79 Å². The molecule has 0 saturated carbocycles. The van der Waals surface area contributed by atoms with Gasteiger partial charge < -0.3 is 19.9 Å². The Balaban J connectivity index is 1.62. The summed E-state index contributed by atoms with van der Waals surface area (Å²) in [6.07, 6.45) is 2.18. The van der Waals surface area contributed by atoms with Gasteiger partial charge in [-0.3, -0.25) is 0 Å². The maximum absolute atomic E-state index is 12.5. The molecule has 24 heavy (non-hydrogen) atoms. The van der Waals surface area contributed by atoms with Crippen molar-refractivity contribution in [1.82, 2.24) is 4.90 Å². The average Bonchev–Trinajstić information content (AvgIpc) is 2.62. The molecule has 2 saturated heterocycles. The van der Waals surface area contributed by atoms with E-state index in [4.69, 9.17) is 4.74 Å². The number of nitrogens with zero attached hydrogens (tertiary/aromatic N) is 2. The Bertz CT molecular complexity index is 575. The minimum Gasteiger partial charge on any atom is -0.380 e. The number of benzene rings is 1. The van der Waals surface area contributed by atoms with Crippen molar-refractivity contribution in [3.63, 3.8) is 0 Å². The average molecular weight is 350 g/mol. The smallest absolute Gasteiger partial charge is 0.321 e. The molecule has 2 amide bonds. The van der Waals surface area contributed by atoms with Gasteiger partial charge in [0.15, 0.2) is 0 Å². The fourth-order valence-electron chi connectivity index (χ4n) is 3.41. The first-order valence-electron chi connectivity index (χ1n) is 8.69. The lowest BCUT2D eigenvalue weighted by atomic mass is 10.1. The van der Waals surface area contributed by atoms with Crippen molar-refractivity contribution < 1.29 is 9.53 Å². The molecule has 2 fully saturated rings. The van der Waals surface area contributed by atoms with Crippen molar-refractivity contribution in [2.75, 3.05) is 55.0 Å². The zero-order valence-electron chi connectivity index (χ0n) is 14.6. The quantitative estimate of drug-likeness (QED) is 0.910. The molecule has 2 aliphatic heterocycles. The number of hydrogen-bond acceptors (Lipinski definition) is 4. The molecular weight excluding hydrogens is 322 g/mol. The number of methoxy groups -OCH3 is 1. The molecule has 0 aliphatic carbocycles. The zero-order chi connectivity index (χ0) is 16.9. The normalized spacial score (nSPS) is 21.7. The SMILES string of the molecule is CO[C@H]1CCCN(C(=O)Nc2ccc(N3CCSCC3)c(C)c2)C1. The Hall–Kier alpha value is -1.40. The second-order valence-electron chi connectivity index (χ2n) is 6.48. The number of aryl methyl sites for hydroxylation is 1. The van der Waals surface area contributed by atoms with Crippen molar-refractivity contribution in [3.8, 4) is 0 Å². The topological polar surface area (TPSA) is 44.8 Å². The summed E-state index contributed by atoms with van der Waals surface area (Å²) in [7, 11) is 1.72. The Morgan fingerprint density at radius 1 is 1.29 bits per heavy atom. The molecule has 0 unspecified atom stereocenters. The number of carbonyl (C=O) groups excluding carboxylic acids is 1. The molecule has 6 heteroatoms. The van der Waals surface area contributed by atoms with E-state index in [1.165, 1.54) is 22.8 Å². The molecule has 132 valence electrons. The highest BCUT2D eigenvalue weighted by atomic mass is 32.2.